The molecule has 0 spiro atoms. The summed E-state index contributed by atoms with van der Waals surface area (Å²) in [5.41, 5.74) is 12.2. The fourth-order valence-electron chi connectivity index (χ4n) is 8.30. The molecule has 0 fully saturated rings. The molecule has 0 aliphatic heterocycles. The first-order chi connectivity index (χ1) is 25.3. The maximum absolute atomic E-state index is 2.50. The number of hydrogen-bond donors (Lipinski definition) is 0. The molecule has 3 aromatic heterocycles. The van der Waals surface area contributed by atoms with Gasteiger partial charge in [-0.25, -0.2) is 0 Å². The molecule has 11 aromatic rings. The molecule has 0 N–H and O–H groups in total. The fraction of sp³-hybridized carbons (Fsp3) is 0. The van der Waals surface area contributed by atoms with Crippen molar-refractivity contribution in [3.05, 3.63) is 182 Å². The lowest BCUT2D eigenvalue weighted by atomic mass is 9.98. The van der Waals surface area contributed by atoms with E-state index in [4.69, 9.17) is 0 Å². The first kappa shape index (κ1) is 28.4. The molecule has 0 unspecified atom stereocenters. The highest BCUT2D eigenvalue weighted by Gasteiger charge is 2.20. The highest BCUT2D eigenvalue weighted by Crippen LogP contribution is 2.45. The zero-order valence-electron chi connectivity index (χ0n) is 27.6. The number of fused-ring (bicyclic) bond motifs is 9. The smallest absolute Gasteiger partial charge is 0.0562 e. The van der Waals surface area contributed by atoms with Crippen LogP contribution in [0.15, 0.2) is 182 Å². The summed E-state index contributed by atoms with van der Waals surface area (Å²) in [6, 6.07) is 66.6. The maximum Gasteiger partial charge on any atom is 0.0562 e. The summed E-state index contributed by atoms with van der Waals surface area (Å²) in [5.74, 6) is 0. The van der Waals surface area contributed by atoms with Crippen molar-refractivity contribution in [3.63, 3.8) is 0 Å². The minimum absolute atomic E-state index is 1.16. The second kappa shape index (κ2) is 11.0. The maximum atomic E-state index is 2.50. The zero-order chi connectivity index (χ0) is 33.5. The first-order valence-corrected chi connectivity index (χ1v) is 18.3. The topological polar surface area (TPSA) is 9.86 Å². The second-order valence-corrected chi connectivity index (χ2v) is 14.4. The molecule has 8 aromatic carbocycles. The van der Waals surface area contributed by atoms with E-state index < -0.39 is 0 Å². The Labute approximate surface area is 298 Å². The Morgan fingerprint density at radius 1 is 0.353 bits per heavy atom. The summed E-state index contributed by atoms with van der Waals surface area (Å²) in [7, 11) is 0. The lowest BCUT2D eigenvalue weighted by molar-refractivity contribution is 1.16. The number of hydrogen-bond acceptors (Lipinski definition) is 1. The largest absolute Gasteiger partial charge is 0.309 e. The fourth-order valence-corrected chi connectivity index (χ4v) is 9.56. The van der Waals surface area contributed by atoms with Crippen LogP contribution in [-0.4, -0.2) is 9.13 Å². The van der Waals surface area contributed by atoms with Gasteiger partial charge in [0.05, 0.1) is 27.8 Å². The highest BCUT2D eigenvalue weighted by atomic mass is 32.1. The Morgan fingerprint density at radius 2 is 0.922 bits per heavy atom. The third-order valence-electron chi connectivity index (χ3n) is 10.5. The van der Waals surface area contributed by atoms with Crippen LogP contribution in [0, 0.1) is 0 Å². The molecule has 3 heterocycles. The quantitative estimate of drug-likeness (QED) is 0.177. The number of benzene rings is 8. The van der Waals surface area contributed by atoms with Crippen LogP contribution in [0.5, 0.6) is 0 Å². The van der Waals surface area contributed by atoms with Gasteiger partial charge in [-0.2, -0.15) is 0 Å². The molecule has 3 heteroatoms. The van der Waals surface area contributed by atoms with Crippen LogP contribution in [0.4, 0.5) is 0 Å². The van der Waals surface area contributed by atoms with E-state index in [9.17, 15) is 0 Å². The van der Waals surface area contributed by atoms with Crippen molar-refractivity contribution in [2.24, 2.45) is 0 Å². The molecule has 0 aliphatic carbocycles. The zero-order valence-corrected chi connectivity index (χ0v) is 28.4. The molecule has 0 saturated heterocycles. The second-order valence-electron chi connectivity index (χ2n) is 13.3. The number of nitrogens with zero attached hydrogens (tertiary/aromatic N) is 2. The van der Waals surface area contributed by atoms with Crippen LogP contribution in [0.2, 0.25) is 0 Å². The van der Waals surface area contributed by atoms with Crippen molar-refractivity contribution in [1.82, 2.24) is 9.13 Å². The Bertz CT molecular complexity index is 3090. The average Bonchev–Trinajstić information content (AvgIpc) is 3.86. The van der Waals surface area contributed by atoms with E-state index in [1.165, 1.54) is 91.7 Å². The molecule has 238 valence electrons. The van der Waals surface area contributed by atoms with Crippen molar-refractivity contribution in [3.8, 4) is 33.6 Å². The van der Waals surface area contributed by atoms with Crippen LogP contribution in [0.3, 0.4) is 0 Å². The summed E-state index contributed by atoms with van der Waals surface area (Å²) in [4.78, 5) is 0. The minimum atomic E-state index is 1.16. The molecule has 0 aliphatic rings. The van der Waals surface area contributed by atoms with Crippen molar-refractivity contribution in [2.75, 3.05) is 0 Å². The third kappa shape index (κ3) is 4.22. The molecule has 0 radical (unpaired) electrons. The summed E-state index contributed by atoms with van der Waals surface area (Å²) >= 11 is 1.89. The lowest BCUT2D eigenvalue weighted by Crippen LogP contribution is -1.97. The summed E-state index contributed by atoms with van der Waals surface area (Å²) in [6.45, 7) is 0. The van der Waals surface area contributed by atoms with E-state index in [1.54, 1.807) is 0 Å². The molecule has 51 heavy (non-hydrogen) atoms. The van der Waals surface area contributed by atoms with Crippen LogP contribution in [0.1, 0.15) is 0 Å². The predicted octanol–water partition coefficient (Wildman–Crippen LogP) is 13.6. The van der Waals surface area contributed by atoms with E-state index in [0.29, 0.717) is 0 Å². The Balaban J connectivity index is 1.17. The van der Waals surface area contributed by atoms with Gasteiger partial charge >= 0.3 is 0 Å². The molecule has 0 atom stereocenters. The van der Waals surface area contributed by atoms with Crippen molar-refractivity contribution < 1.29 is 0 Å². The molecular formula is C48H30N2S. The van der Waals surface area contributed by atoms with E-state index in [2.05, 4.69) is 191 Å². The van der Waals surface area contributed by atoms with Gasteiger partial charge in [-0.05, 0) is 70.8 Å². The third-order valence-corrected chi connectivity index (χ3v) is 11.7. The van der Waals surface area contributed by atoms with Gasteiger partial charge in [0.25, 0.3) is 0 Å². The highest BCUT2D eigenvalue weighted by molar-refractivity contribution is 7.26. The molecule has 2 nitrogen and oxygen atoms in total. The van der Waals surface area contributed by atoms with Crippen molar-refractivity contribution in [2.45, 2.75) is 0 Å². The van der Waals surface area contributed by atoms with Gasteiger partial charge in [-0.1, -0.05) is 133 Å². The molecule has 0 bridgehead atoms. The summed E-state index contributed by atoms with van der Waals surface area (Å²) < 4.78 is 7.53. The van der Waals surface area contributed by atoms with E-state index in [-0.39, 0.29) is 0 Å². The van der Waals surface area contributed by atoms with Crippen molar-refractivity contribution in [1.29, 1.82) is 0 Å². The van der Waals surface area contributed by atoms with Gasteiger partial charge in [-0.15, -0.1) is 11.3 Å². The molecule has 0 saturated carbocycles. The molecular weight excluding hydrogens is 637 g/mol. The van der Waals surface area contributed by atoms with Gasteiger partial charge in [0.1, 0.15) is 0 Å². The number of para-hydroxylation sites is 3. The normalized spacial score (nSPS) is 11.9. The van der Waals surface area contributed by atoms with Crippen LogP contribution in [0.25, 0.3) is 97.4 Å². The molecule has 11 rings (SSSR count). The average molecular weight is 667 g/mol. The Kier molecular flexibility index (Phi) is 6.16. The number of rotatable bonds is 4. The van der Waals surface area contributed by atoms with Crippen LogP contribution < -0.4 is 0 Å². The van der Waals surface area contributed by atoms with Gasteiger partial charge in [0.15, 0.2) is 0 Å². The SMILES string of the molecule is c1ccc(-c2cccc(-c3cccc4c3sc3cccc(-n5c6ccccc6c6ccc(-n7c8ccccc8c8ccccc87)cc65)c34)c2)cc1. The van der Waals surface area contributed by atoms with Crippen LogP contribution >= 0.6 is 11.3 Å². The van der Waals surface area contributed by atoms with Gasteiger partial charge in [0, 0.05) is 47.4 Å². The van der Waals surface area contributed by atoms with Crippen LogP contribution in [-0.2, 0) is 0 Å². The van der Waals surface area contributed by atoms with Gasteiger partial charge < -0.3 is 9.13 Å². The molecule has 0 amide bonds. The Morgan fingerprint density at radius 3 is 1.67 bits per heavy atom. The Hall–Kier alpha value is -6.42. The van der Waals surface area contributed by atoms with E-state index in [1.807, 2.05) is 11.3 Å². The first-order valence-electron chi connectivity index (χ1n) is 17.4. The van der Waals surface area contributed by atoms with Gasteiger partial charge in [0.2, 0.25) is 0 Å². The predicted molar refractivity (Wildman–Crippen MR) is 219 cm³/mol. The number of aromatic nitrogens is 2. The van der Waals surface area contributed by atoms with Crippen molar-refractivity contribution >= 4 is 75.1 Å². The van der Waals surface area contributed by atoms with E-state index in [0.717, 1.165) is 5.69 Å². The van der Waals surface area contributed by atoms with Gasteiger partial charge in [-0.3, -0.25) is 0 Å². The summed E-state index contributed by atoms with van der Waals surface area (Å²) in [6.07, 6.45) is 0. The minimum Gasteiger partial charge on any atom is -0.309 e. The standard InChI is InChI=1S/C48H30N2S/c1-2-13-31(14-3-1)32-15-10-16-33(29-32)35-20-11-21-40-47-44(25-12-26-46(47)51-48(35)40)50-43-24-9-6-19-38(43)39-28-27-34(30-45(39)50)49-41-22-7-4-17-36(41)37-18-5-8-23-42(37)49/h1-30H. The monoisotopic (exact) mass is 666 g/mol. The van der Waals surface area contributed by atoms with E-state index >= 15 is 0 Å². The summed E-state index contributed by atoms with van der Waals surface area (Å²) in [5, 5.41) is 7.64. The lowest BCUT2D eigenvalue weighted by Gasteiger charge is -2.13. The number of thiophene rings is 1.